The Balaban J connectivity index is 1.39. The number of fused-ring (bicyclic) bond motifs is 2. The quantitative estimate of drug-likeness (QED) is 0.819. The predicted octanol–water partition coefficient (Wildman–Crippen LogP) is 2.62. The highest BCUT2D eigenvalue weighted by Gasteiger charge is 2.42. The second-order valence-electron chi connectivity index (χ2n) is 6.31. The first-order chi connectivity index (χ1) is 10.6. The van der Waals surface area contributed by atoms with Crippen LogP contribution >= 0.6 is 11.6 Å². The summed E-state index contributed by atoms with van der Waals surface area (Å²) in [6.45, 7) is 0.875. The van der Waals surface area contributed by atoms with Crippen LogP contribution in [0.15, 0.2) is 24.3 Å². The minimum Gasteiger partial charge on any atom is -0.354 e. The van der Waals surface area contributed by atoms with Gasteiger partial charge in [-0.3, -0.25) is 9.59 Å². The lowest BCUT2D eigenvalue weighted by Gasteiger charge is -2.20. The van der Waals surface area contributed by atoms with E-state index in [1.54, 1.807) is 24.3 Å². The molecule has 2 N–H and O–H groups in total. The minimum atomic E-state index is -0.209. The number of amides is 2. The van der Waals surface area contributed by atoms with Crippen LogP contribution in [0.3, 0.4) is 0 Å². The molecule has 2 bridgehead atoms. The maximum Gasteiger partial charge on any atom is 0.252 e. The fraction of sp³-hybridized carbons (Fsp3) is 0.529. The van der Waals surface area contributed by atoms with Crippen LogP contribution in [0.1, 0.15) is 36.0 Å². The van der Waals surface area contributed by atoms with Gasteiger partial charge in [0.1, 0.15) is 0 Å². The Kier molecular flexibility index (Phi) is 4.67. The molecule has 0 unspecified atom stereocenters. The maximum absolute atomic E-state index is 12.2. The van der Waals surface area contributed by atoms with Crippen LogP contribution in [0.2, 0.25) is 5.02 Å². The van der Waals surface area contributed by atoms with Crippen molar-refractivity contribution in [3.05, 3.63) is 34.9 Å². The number of hydrogen-bond donors (Lipinski definition) is 2. The smallest absolute Gasteiger partial charge is 0.252 e. The van der Waals surface area contributed by atoms with Crippen LogP contribution in [0.5, 0.6) is 0 Å². The Hall–Kier alpha value is -1.55. The Morgan fingerprint density at radius 1 is 1.09 bits per heavy atom. The first kappa shape index (κ1) is 15.3. The molecular weight excluding hydrogens is 300 g/mol. The van der Waals surface area contributed by atoms with Gasteiger partial charge in [0.15, 0.2) is 0 Å². The van der Waals surface area contributed by atoms with Gasteiger partial charge in [-0.1, -0.05) is 30.2 Å². The van der Waals surface area contributed by atoms with Crippen molar-refractivity contribution in [2.24, 2.45) is 17.8 Å². The molecule has 5 heteroatoms. The van der Waals surface area contributed by atoms with Crippen molar-refractivity contribution < 1.29 is 9.59 Å². The van der Waals surface area contributed by atoms with Gasteiger partial charge in [0.05, 0.1) is 10.6 Å². The summed E-state index contributed by atoms with van der Waals surface area (Å²) in [7, 11) is 0. The number of halogens is 1. The highest BCUT2D eigenvalue weighted by Crippen LogP contribution is 2.48. The normalized spacial score (nSPS) is 26.0. The molecule has 2 amide bonds. The molecule has 2 aliphatic rings. The SMILES string of the molecule is O=C(NCCNC(=O)[C@@H]1C[C@H]2CC[C@H]1C2)c1ccccc1Cl. The third-order valence-corrected chi connectivity index (χ3v) is 5.23. The van der Waals surface area contributed by atoms with Crippen molar-refractivity contribution in [1.82, 2.24) is 10.6 Å². The molecule has 4 nitrogen and oxygen atoms in total. The van der Waals surface area contributed by atoms with E-state index in [1.165, 1.54) is 19.3 Å². The number of hydrogen-bond acceptors (Lipinski definition) is 2. The number of carbonyl (C=O) groups is 2. The molecule has 0 aliphatic heterocycles. The summed E-state index contributed by atoms with van der Waals surface area (Å²) in [5.74, 6) is 1.49. The van der Waals surface area contributed by atoms with E-state index in [4.69, 9.17) is 11.6 Å². The highest BCUT2D eigenvalue weighted by atomic mass is 35.5. The van der Waals surface area contributed by atoms with Crippen LogP contribution in [0.25, 0.3) is 0 Å². The first-order valence-electron chi connectivity index (χ1n) is 7.95. The molecule has 0 radical (unpaired) electrons. The Labute approximate surface area is 135 Å². The highest BCUT2D eigenvalue weighted by molar-refractivity contribution is 6.33. The van der Waals surface area contributed by atoms with E-state index in [9.17, 15) is 9.59 Å². The molecule has 2 fully saturated rings. The number of nitrogens with one attached hydrogen (secondary N) is 2. The standard InChI is InChI=1S/C17H21ClN2O2/c18-15-4-2-1-3-13(15)16(21)19-7-8-20-17(22)14-10-11-5-6-12(14)9-11/h1-4,11-12,14H,5-10H2,(H,19,21)(H,20,22)/t11-,12-,14+/m0/s1. The van der Waals surface area contributed by atoms with Crippen LogP contribution in [-0.2, 0) is 4.79 Å². The van der Waals surface area contributed by atoms with Crippen molar-refractivity contribution in [2.75, 3.05) is 13.1 Å². The lowest BCUT2D eigenvalue weighted by atomic mass is 9.88. The monoisotopic (exact) mass is 320 g/mol. The van der Waals surface area contributed by atoms with E-state index in [0.29, 0.717) is 29.6 Å². The average molecular weight is 321 g/mol. The zero-order chi connectivity index (χ0) is 15.5. The van der Waals surface area contributed by atoms with Gasteiger partial charge in [0, 0.05) is 19.0 Å². The van der Waals surface area contributed by atoms with Crippen molar-refractivity contribution >= 4 is 23.4 Å². The lowest BCUT2D eigenvalue weighted by molar-refractivity contribution is -0.126. The number of carbonyl (C=O) groups excluding carboxylic acids is 2. The Morgan fingerprint density at radius 3 is 2.55 bits per heavy atom. The molecule has 2 saturated carbocycles. The molecule has 0 spiro atoms. The van der Waals surface area contributed by atoms with Crippen molar-refractivity contribution in [3.63, 3.8) is 0 Å². The zero-order valence-corrected chi connectivity index (χ0v) is 13.2. The molecule has 1 aromatic carbocycles. The summed E-state index contributed by atoms with van der Waals surface area (Å²) in [6, 6.07) is 6.94. The van der Waals surface area contributed by atoms with Crippen molar-refractivity contribution in [1.29, 1.82) is 0 Å². The molecule has 0 heterocycles. The summed E-state index contributed by atoms with van der Waals surface area (Å²) in [6.07, 6.45) is 4.76. The Bertz CT molecular complexity index is 576. The minimum absolute atomic E-state index is 0.152. The number of benzene rings is 1. The molecular formula is C17H21ClN2O2. The van der Waals surface area contributed by atoms with E-state index >= 15 is 0 Å². The molecule has 22 heavy (non-hydrogen) atoms. The van der Waals surface area contributed by atoms with Crippen molar-refractivity contribution in [3.8, 4) is 0 Å². The maximum atomic E-state index is 12.2. The van der Waals surface area contributed by atoms with E-state index in [-0.39, 0.29) is 17.7 Å². The summed E-state index contributed by atoms with van der Waals surface area (Å²) >= 11 is 5.97. The van der Waals surface area contributed by atoms with Crippen LogP contribution in [0, 0.1) is 17.8 Å². The summed E-state index contributed by atoms with van der Waals surface area (Å²) in [4.78, 5) is 24.1. The van der Waals surface area contributed by atoms with Gasteiger partial charge in [-0.15, -0.1) is 0 Å². The number of rotatable bonds is 5. The van der Waals surface area contributed by atoms with Gasteiger partial charge in [-0.25, -0.2) is 0 Å². The second-order valence-corrected chi connectivity index (χ2v) is 6.72. The molecule has 1 aromatic rings. The summed E-state index contributed by atoms with van der Waals surface area (Å²) in [5, 5.41) is 6.16. The van der Waals surface area contributed by atoms with Crippen LogP contribution < -0.4 is 10.6 Å². The fourth-order valence-corrected chi connectivity index (χ4v) is 4.02. The molecule has 0 aromatic heterocycles. The molecule has 3 atom stereocenters. The van der Waals surface area contributed by atoms with Crippen molar-refractivity contribution in [2.45, 2.75) is 25.7 Å². The van der Waals surface area contributed by atoms with E-state index in [2.05, 4.69) is 10.6 Å². The third kappa shape index (κ3) is 3.27. The van der Waals surface area contributed by atoms with Gasteiger partial charge < -0.3 is 10.6 Å². The van der Waals surface area contributed by atoms with Crippen LogP contribution in [0.4, 0.5) is 0 Å². The lowest BCUT2D eigenvalue weighted by Crippen LogP contribution is -2.39. The third-order valence-electron chi connectivity index (χ3n) is 4.90. The fourth-order valence-electron chi connectivity index (χ4n) is 3.80. The largest absolute Gasteiger partial charge is 0.354 e. The molecule has 2 aliphatic carbocycles. The van der Waals surface area contributed by atoms with E-state index in [0.717, 1.165) is 12.3 Å². The first-order valence-corrected chi connectivity index (χ1v) is 8.33. The predicted molar refractivity (Wildman–Crippen MR) is 85.7 cm³/mol. The molecule has 0 saturated heterocycles. The van der Waals surface area contributed by atoms with E-state index < -0.39 is 0 Å². The van der Waals surface area contributed by atoms with Gasteiger partial charge >= 0.3 is 0 Å². The van der Waals surface area contributed by atoms with Gasteiger partial charge in [0.25, 0.3) is 5.91 Å². The molecule has 118 valence electrons. The van der Waals surface area contributed by atoms with E-state index in [1.807, 2.05) is 0 Å². The zero-order valence-electron chi connectivity index (χ0n) is 12.5. The topological polar surface area (TPSA) is 58.2 Å². The summed E-state index contributed by atoms with van der Waals surface area (Å²) in [5.41, 5.74) is 0.462. The Morgan fingerprint density at radius 2 is 1.86 bits per heavy atom. The average Bonchev–Trinajstić information content (AvgIpc) is 3.14. The van der Waals surface area contributed by atoms with Gasteiger partial charge in [0.2, 0.25) is 5.91 Å². The van der Waals surface area contributed by atoms with Crippen LogP contribution in [-0.4, -0.2) is 24.9 Å². The van der Waals surface area contributed by atoms with Gasteiger partial charge in [-0.2, -0.15) is 0 Å². The molecule has 3 rings (SSSR count). The summed E-state index contributed by atoms with van der Waals surface area (Å²) < 4.78 is 0. The van der Waals surface area contributed by atoms with Gasteiger partial charge in [-0.05, 0) is 43.2 Å². The second kappa shape index (κ2) is 6.69.